The minimum absolute atomic E-state index is 0.285. The van der Waals surface area contributed by atoms with E-state index in [1.807, 2.05) is 0 Å². The molecule has 1 aromatic carbocycles. The van der Waals surface area contributed by atoms with Crippen LogP contribution in [-0.2, 0) is 13.6 Å². The average molecular weight is 368 g/mol. The zero-order chi connectivity index (χ0) is 14.5. The molecule has 0 radical (unpaired) electrons. The van der Waals surface area contributed by atoms with E-state index in [1.54, 1.807) is 30.3 Å². The molecule has 0 spiro atoms. The lowest BCUT2D eigenvalue weighted by Gasteiger charge is -2.21. The van der Waals surface area contributed by atoms with Gasteiger partial charge < -0.3 is 4.52 Å². The van der Waals surface area contributed by atoms with Gasteiger partial charge in [-0.3, -0.25) is 9.05 Å². The van der Waals surface area contributed by atoms with Crippen LogP contribution in [0.4, 0.5) is 0 Å². The van der Waals surface area contributed by atoms with Gasteiger partial charge in [-0.2, -0.15) is 0 Å². The first-order chi connectivity index (χ1) is 8.70. The number of benzene rings is 1. The van der Waals surface area contributed by atoms with E-state index in [1.165, 1.54) is 6.92 Å². The summed E-state index contributed by atoms with van der Waals surface area (Å²) in [4.78, 5) is 0. The second kappa shape index (κ2) is 7.37. The summed E-state index contributed by atoms with van der Waals surface area (Å²) in [5, 5.41) is 0. The first kappa shape index (κ1) is 17.4. The molecule has 0 fully saturated rings. The third-order valence-electron chi connectivity index (χ3n) is 1.62. The Morgan fingerprint density at radius 2 is 1.84 bits per heavy atom. The standard InChI is InChI=1S/C10H11Cl4O4P/c1-8(11)17-19(15,16-7-10(12,13)14)18-9-5-3-2-4-6-9/h2-6,8H,7H2,1H3. The van der Waals surface area contributed by atoms with Crippen molar-refractivity contribution in [3.8, 4) is 5.75 Å². The molecule has 1 rings (SSSR count). The van der Waals surface area contributed by atoms with Gasteiger partial charge in [0.25, 0.3) is 0 Å². The molecule has 0 aliphatic rings. The van der Waals surface area contributed by atoms with Crippen molar-refractivity contribution in [3.63, 3.8) is 0 Å². The smallest absolute Gasteiger partial charge is 0.404 e. The predicted molar refractivity (Wildman–Crippen MR) is 77.3 cm³/mol. The number of para-hydroxylation sites is 1. The van der Waals surface area contributed by atoms with Crippen molar-refractivity contribution in [3.05, 3.63) is 30.3 Å². The maximum absolute atomic E-state index is 12.3. The van der Waals surface area contributed by atoms with Crippen molar-refractivity contribution in [2.75, 3.05) is 6.61 Å². The van der Waals surface area contributed by atoms with Gasteiger partial charge >= 0.3 is 7.82 Å². The van der Waals surface area contributed by atoms with Crippen molar-refractivity contribution in [2.24, 2.45) is 0 Å². The normalized spacial score (nSPS) is 16.7. The lowest BCUT2D eigenvalue weighted by Crippen LogP contribution is -2.15. The Hall–Kier alpha value is 0.330. The summed E-state index contributed by atoms with van der Waals surface area (Å²) in [7, 11) is -3.98. The van der Waals surface area contributed by atoms with Gasteiger partial charge in [0.05, 0.1) is 0 Å². The van der Waals surface area contributed by atoms with Gasteiger partial charge in [-0.05, 0) is 19.1 Å². The molecular formula is C10H11Cl4O4P. The minimum Gasteiger partial charge on any atom is -0.404 e. The monoisotopic (exact) mass is 366 g/mol. The summed E-state index contributed by atoms with van der Waals surface area (Å²) in [5.74, 6) is 0.285. The van der Waals surface area contributed by atoms with E-state index in [2.05, 4.69) is 0 Å². The van der Waals surface area contributed by atoms with Gasteiger partial charge in [0, 0.05) is 0 Å². The van der Waals surface area contributed by atoms with Crippen molar-refractivity contribution in [1.29, 1.82) is 0 Å². The quantitative estimate of drug-likeness (QED) is 0.514. The zero-order valence-corrected chi connectivity index (χ0v) is 13.7. The lowest BCUT2D eigenvalue weighted by molar-refractivity contribution is 0.150. The van der Waals surface area contributed by atoms with Gasteiger partial charge in [0.1, 0.15) is 17.9 Å². The molecule has 9 heteroatoms. The van der Waals surface area contributed by atoms with Gasteiger partial charge in [0.15, 0.2) is 0 Å². The third kappa shape index (κ3) is 7.62. The van der Waals surface area contributed by atoms with E-state index in [9.17, 15) is 4.57 Å². The molecule has 0 bridgehead atoms. The average Bonchev–Trinajstić information content (AvgIpc) is 2.26. The highest BCUT2D eigenvalue weighted by molar-refractivity contribution is 7.49. The maximum atomic E-state index is 12.3. The van der Waals surface area contributed by atoms with Crippen molar-refractivity contribution < 1.29 is 18.1 Å². The number of hydrogen-bond donors (Lipinski definition) is 0. The Labute approximate surface area is 131 Å². The summed E-state index contributed by atoms with van der Waals surface area (Å²) < 4.78 is 25.6. The van der Waals surface area contributed by atoms with Crippen LogP contribution in [0.1, 0.15) is 6.92 Å². The first-order valence-corrected chi connectivity index (χ1v) is 8.12. The summed E-state index contributed by atoms with van der Waals surface area (Å²) in [6.07, 6.45) is 0. The fourth-order valence-electron chi connectivity index (χ4n) is 1.02. The molecule has 2 unspecified atom stereocenters. The Kier molecular flexibility index (Phi) is 6.74. The Morgan fingerprint density at radius 3 is 2.32 bits per heavy atom. The van der Waals surface area contributed by atoms with Crippen LogP contribution in [0.15, 0.2) is 30.3 Å². The van der Waals surface area contributed by atoms with Crippen LogP contribution in [0.2, 0.25) is 0 Å². The highest BCUT2D eigenvalue weighted by atomic mass is 35.6. The predicted octanol–water partition coefficient (Wildman–Crippen LogP) is 5.16. The SMILES string of the molecule is CC(Cl)OP(=O)(OCC(Cl)(Cl)Cl)Oc1ccccc1. The van der Waals surface area contributed by atoms with Crippen LogP contribution in [0.3, 0.4) is 0 Å². The van der Waals surface area contributed by atoms with Gasteiger partial charge in [-0.15, -0.1) is 0 Å². The molecule has 0 aromatic heterocycles. The van der Waals surface area contributed by atoms with Crippen molar-refractivity contribution in [2.45, 2.75) is 16.3 Å². The Balaban J connectivity index is 2.78. The summed E-state index contributed by atoms with van der Waals surface area (Å²) in [5.41, 5.74) is -0.898. The number of phosphoric ester groups is 1. The first-order valence-electron chi connectivity index (χ1n) is 5.09. The number of alkyl halides is 4. The molecule has 0 heterocycles. The van der Waals surface area contributed by atoms with Crippen LogP contribution in [0.5, 0.6) is 5.75 Å². The van der Waals surface area contributed by atoms with Crippen LogP contribution in [0.25, 0.3) is 0 Å². The highest BCUT2D eigenvalue weighted by Gasteiger charge is 2.34. The number of rotatable bonds is 6. The van der Waals surface area contributed by atoms with Crippen molar-refractivity contribution >= 4 is 54.2 Å². The second-order valence-electron chi connectivity index (χ2n) is 3.39. The molecule has 0 aliphatic carbocycles. The van der Waals surface area contributed by atoms with Crippen LogP contribution < -0.4 is 4.52 Å². The fourth-order valence-corrected chi connectivity index (χ4v) is 2.95. The van der Waals surface area contributed by atoms with E-state index >= 15 is 0 Å². The molecule has 0 amide bonds. The van der Waals surface area contributed by atoms with Crippen LogP contribution in [-0.4, -0.2) is 16.0 Å². The zero-order valence-electron chi connectivity index (χ0n) is 9.76. The number of halogens is 4. The molecule has 0 N–H and O–H groups in total. The van der Waals surface area contributed by atoms with Gasteiger partial charge in [0.2, 0.25) is 3.79 Å². The molecule has 0 saturated heterocycles. The Morgan fingerprint density at radius 1 is 1.26 bits per heavy atom. The van der Waals surface area contributed by atoms with E-state index in [0.29, 0.717) is 0 Å². The van der Waals surface area contributed by atoms with E-state index in [-0.39, 0.29) is 5.75 Å². The summed E-state index contributed by atoms with van der Waals surface area (Å²) >= 11 is 22.2. The van der Waals surface area contributed by atoms with Crippen LogP contribution in [0, 0.1) is 0 Å². The van der Waals surface area contributed by atoms with E-state index in [0.717, 1.165) is 0 Å². The molecule has 0 saturated carbocycles. The Bertz CT molecular complexity index is 435. The fraction of sp³-hybridized carbons (Fsp3) is 0.400. The van der Waals surface area contributed by atoms with Crippen LogP contribution >= 0.6 is 54.2 Å². The molecular weight excluding hydrogens is 357 g/mol. The van der Waals surface area contributed by atoms with E-state index < -0.39 is 23.8 Å². The maximum Gasteiger partial charge on any atom is 0.531 e. The molecule has 108 valence electrons. The number of hydrogen-bond acceptors (Lipinski definition) is 4. The minimum atomic E-state index is -3.98. The third-order valence-corrected chi connectivity index (χ3v) is 3.62. The molecule has 4 nitrogen and oxygen atoms in total. The van der Waals surface area contributed by atoms with Gasteiger partial charge in [-0.1, -0.05) is 64.6 Å². The molecule has 2 atom stereocenters. The highest BCUT2D eigenvalue weighted by Crippen LogP contribution is 2.52. The molecule has 19 heavy (non-hydrogen) atoms. The topological polar surface area (TPSA) is 44.8 Å². The molecule has 1 aromatic rings. The van der Waals surface area contributed by atoms with E-state index in [4.69, 9.17) is 60.0 Å². The largest absolute Gasteiger partial charge is 0.531 e. The number of phosphoric acid groups is 1. The summed E-state index contributed by atoms with van der Waals surface area (Å²) in [6, 6.07) is 8.31. The van der Waals surface area contributed by atoms with Gasteiger partial charge in [-0.25, -0.2) is 4.57 Å². The summed E-state index contributed by atoms with van der Waals surface area (Å²) in [6.45, 7) is 0.993. The second-order valence-corrected chi connectivity index (χ2v) is 8.07. The van der Waals surface area contributed by atoms with Crippen molar-refractivity contribution in [1.82, 2.24) is 0 Å². The molecule has 0 aliphatic heterocycles. The lowest BCUT2D eigenvalue weighted by atomic mass is 10.3.